The lowest BCUT2D eigenvalue weighted by Gasteiger charge is -2.07. The van der Waals surface area contributed by atoms with Gasteiger partial charge in [0.2, 0.25) is 0 Å². The number of hydrogen-bond acceptors (Lipinski definition) is 0. The molecule has 78 valence electrons. The van der Waals surface area contributed by atoms with E-state index in [-0.39, 0.29) is 0 Å². The van der Waals surface area contributed by atoms with E-state index in [0.29, 0.717) is 5.38 Å². The molecule has 0 spiro atoms. The van der Waals surface area contributed by atoms with Crippen molar-refractivity contribution >= 4 is 11.6 Å². The number of unbranched alkanes of at least 4 members (excludes halogenated alkanes) is 4. The van der Waals surface area contributed by atoms with E-state index in [1.807, 2.05) is 6.08 Å². The second kappa shape index (κ2) is 10.1. The van der Waals surface area contributed by atoms with E-state index < -0.39 is 0 Å². The predicted octanol–water partition coefficient (Wildman–Crippen LogP) is 4.92. The summed E-state index contributed by atoms with van der Waals surface area (Å²) in [6.07, 6.45) is 11.9. The van der Waals surface area contributed by atoms with Crippen LogP contribution < -0.4 is 0 Å². The van der Waals surface area contributed by atoms with Gasteiger partial charge in [0.25, 0.3) is 0 Å². The third-order valence-corrected chi connectivity index (χ3v) is 2.73. The van der Waals surface area contributed by atoms with E-state index >= 15 is 0 Å². The molecule has 0 aromatic rings. The summed E-state index contributed by atoms with van der Waals surface area (Å²) in [5.74, 6) is 0. The van der Waals surface area contributed by atoms with Crippen molar-refractivity contribution < 1.29 is 0 Å². The highest BCUT2D eigenvalue weighted by molar-refractivity contribution is 6.20. The van der Waals surface area contributed by atoms with Crippen LogP contribution in [0, 0.1) is 0 Å². The number of rotatable bonds is 9. The quantitative estimate of drug-likeness (QED) is 0.283. The van der Waals surface area contributed by atoms with Crippen LogP contribution in [-0.2, 0) is 0 Å². The Kier molecular flexibility index (Phi) is 10.1. The van der Waals surface area contributed by atoms with E-state index in [4.69, 9.17) is 11.6 Å². The minimum atomic E-state index is 0.420. The zero-order chi connectivity index (χ0) is 9.94. The third kappa shape index (κ3) is 9.95. The molecule has 0 heterocycles. The van der Waals surface area contributed by atoms with Crippen LogP contribution in [0.3, 0.4) is 0 Å². The van der Waals surface area contributed by atoms with Gasteiger partial charge in [0.1, 0.15) is 0 Å². The molecule has 1 atom stereocenters. The third-order valence-electron chi connectivity index (χ3n) is 2.30. The summed E-state index contributed by atoms with van der Waals surface area (Å²) in [4.78, 5) is 0. The summed E-state index contributed by atoms with van der Waals surface area (Å²) in [6.45, 7) is 5.92. The van der Waals surface area contributed by atoms with Crippen molar-refractivity contribution in [1.82, 2.24) is 0 Å². The Morgan fingerprint density at radius 2 is 1.85 bits per heavy atom. The second-order valence-corrected chi connectivity index (χ2v) is 4.28. The average Bonchev–Trinajstić information content (AvgIpc) is 2.14. The number of allylic oxidation sites excluding steroid dienone is 1. The number of halogens is 1. The molecule has 0 saturated carbocycles. The Balaban J connectivity index is 3.07. The van der Waals surface area contributed by atoms with Crippen molar-refractivity contribution in [3.63, 3.8) is 0 Å². The van der Waals surface area contributed by atoms with Crippen LogP contribution in [0.2, 0.25) is 0 Å². The Morgan fingerprint density at radius 3 is 2.46 bits per heavy atom. The summed E-state index contributed by atoms with van der Waals surface area (Å²) in [6, 6.07) is 0. The van der Waals surface area contributed by atoms with Crippen molar-refractivity contribution in [2.75, 3.05) is 0 Å². The van der Waals surface area contributed by atoms with Crippen molar-refractivity contribution in [2.45, 2.75) is 63.7 Å². The molecule has 0 aliphatic rings. The Morgan fingerprint density at radius 1 is 1.15 bits per heavy atom. The van der Waals surface area contributed by atoms with Gasteiger partial charge in [-0.25, -0.2) is 0 Å². The Labute approximate surface area is 88.4 Å². The van der Waals surface area contributed by atoms with Gasteiger partial charge in [-0.1, -0.05) is 38.7 Å². The average molecular weight is 203 g/mol. The first-order valence-electron chi connectivity index (χ1n) is 5.56. The normalized spacial score (nSPS) is 12.8. The second-order valence-electron chi connectivity index (χ2n) is 3.67. The van der Waals surface area contributed by atoms with Crippen LogP contribution in [-0.4, -0.2) is 5.38 Å². The molecule has 0 saturated heterocycles. The molecule has 0 N–H and O–H groups in total. The van der Waals surface area contributed by atoms with Gasteiger partial charge >= 0.3 is 0 Å². The summed E-state index contributed by atoms with van der Waals surface area (Å²) >= 11 is 6.15. The molecule has 0 aliphatic carbocycles. The minimum Gasteiger partial charge on any atom is -0.123 e. The zero-order valence-electron chi connectivity index (χ0n) is 8.90. The van der Waals surface area contributed by atoms with E-state index in [1.165, 1.54) is 44.9 Å². The molecule has 0 amide bonds. The van der Waals surface area contributed by atoms with Crippen LogP contribution in [0.5, 0.6) is 0 Å². The van der Waals surface area contributed by atoms with Crippen molar-refractivity contribution in [1.29, 1.82) is 0 Å². The lowest BCUT2D eigenvalue weighted by Crippen LogP contribution is -1.97. The standard InChI is InChI=1S/C12H23Cl/c1-3-5-7-8-9-11-12(13)10-6-4-2/h3,12H,1,4-11H2,2H3. The Hall–Kier alpha value is 0.0300. The van der Waals surface area contributed by atoms with E-state index in [0.717, 1.165) is 6.42 Å². The zero-order valence-corrected chi connectivity index (χ0v) is 9.65. The number of hydrogen-bond donors (Lipinski definition) is 0. The first-order valence-corrected chi connectivity index (χ1v) is 5.99. The van der Waals surface area contributed by atoms with E-state index in [9.17, 15) is 0 Å². The van der Waals surface area contributed by atoms with Gasteiger partial charge in [0, 0.05) is 5.38 Å². The highest BCUT2D eigenvalue weighted by Gasteiger charge is 2.02. The van der Waals surface area contributed by atoms with Gasteiger partial charge in [-0.15, -0.1) is 18.2 Å². The van der Waals surface area contributed by atoms with Crippen LogP contribution in [0.25, 0.3) is 0 Å². The molecule has 1 heteroatoms. The van der Waals surface area contributed by atoms with Crippen LogP contribution >= 0.6 is 11.6 Å². The molecular formula is C12H23Cl. The summed E-state index contributed by atoms with van der Waals surface area (Å²) in [5.41, 5.74) is 0. The maximum Gasteiger partial charge on any atom is 0.0336 e. The van der Waals surface area contributed by atoms with Crippen LogP contribution in [0.15, 0.2) is 12.7 Å². The monoisotopic (exact) mass is 202 g/mol. The molecule has 1 unspecified atom stereocenters. The molecule has 0 radical (unpaired) electrons. The molecule has 0 nitrogen and oxygen atoms in total. The van der Waals surface area contributed by atoms with Crippen molar-refractivity contribution in [2.24, 2.45) is 0 Å². The fraction of sp³-hybridized carbons (Fsp3) is 0.833. The fourth-order valence-corrected chi connectivity index (χ4v) is 1.71. The first kappa shape index (κ1) is 13.0. The lowest BCUT2D eigenvalue weighted by molar-refractivity contribution is 0.584. The maximum atomic E-state index is 6.15. The largest absolute Gasteiger partial charge is 0.123 e. The van der Waals surface area contributed by atoms with Crippen LogP contribution in [0.1, 0.15) is 58.3 Å². The highest BCUT2D eigenvalue weighted by atomic mass is 35.5. The summed E-state index contributed by atoms with van der Waals surface area (Å²) in [5, 5.41) is 0.420. The highest BCUT2D eigenvalue weighted by Crippen LogP contribution is 2.15. The fourth-order valence-electron chi connectivity index (χ4n) is 1.40. The van der Waals surface area contributed by atoms with Crippen LogP contribution in [0.4, 0.5) is 0 Å². The van der Waals surface area contributed by atoms with E-state index in [1.54, 1.807) is 0 Å². The van der Waals surface area contributed by atoms with Gasteiger partial charge < -0.3 is 0 Å². The minimum absolute atomic E-state index is 0.420. The van der Waals surface area contributed by atoms with E-state index in [2.05, 4.69) is 13.5 Å². The molecule has 0 fully saturated rings. The molecule has 0 rings (SSSR count). The summed E-state index contributed by atoms with van der Waals surface area (Å²) in [7, 11) is 0. The predicted molar refractivity (Wildman–Crippen MR) is 62.4 cm³/mol. The Bertz CT molecular complexity index is 110. The molecule has 13 heavy (non-hydrogen) atoms. The van der Waals surface area contributed by atoms with Gasteiger partial charge in [-0.3, -0.25) is 0 Å². The smallest absolute Gasteiger partial charge is 0.0336 e. The van der Waals surface area contributed by atoms with Crippen molar-refractivity contribution in [3.05, 3.63) is 12.7 Å². The topological polar surface area (TPSA) is 0 Å². The summed E-state index contributed by atoms with van der Waals surface area (Å²) < 4.78 is 0. The molecule has 0 bridgehead atoms. The molecule has 0 aliphatic heterocycles. The van der Waals surface area contributed by atoms with Gasteiger partial charge in [0.05, 0.1) is 0 Å². The molecule has 0 aromatic carbocycles. The van der Waals surface area contributed by atoms with Gasteiger partial charge in [0.15, 0.2) is 0 Å². The molecular weight excluding hydrogens is 180 g/mol. The first-order chi connectivity index (χ1) is 6.31. The lowest BCUT2D eigenvalue weighted by atomic mass is 10.1. The van der Waals surface area contributed by atoms with Crippen molar-refractivity contribution in [3.8, 4) is 0 Å². The number of alkyl halides is 1. The maximum absolute atomic E-state index is 6.15. The van der Waals surface area contributed by atoms with Gasteiger partial charge in [-0.2, -0.15) is 0 Å². The SMILES string of the molecule is C=CCCCCCC(Cl)CCCC. The molecule has 0 aromatic heterocycles. The van der Waals surface area contributed by atoms with Gasteiger partial charge in [-0.05, 0) is 25.7 Å².